The molecule has 94 valence electrons. The lowest BCUT2D eigenvalue weighted by Gasteiger charge is -2.05. The topological polar surface area (TPSA) is 50.7 Å². The van der Waals surface area contributed by atoms with Crippen molar-refractivity contribution in [3.8, 4) is 11.3 Å². The number of fused-ring (bicyclic) bond motifs is 1. The summed E-state index contributed by atoms with van der Waals surface area (Å²) in [4.78, 5) is 12.9. The molecule has 0 saturated carbocycles. The van der Waals surface area contributed by atoms with Crippen LogP contribution in [-0.2, 0) is 0 Å². The normalized spacial score (nSPS) is 10.6. The van der Waals surface area contributed by atoms with Gasteiger partial charge in [0.05, 0.1) is 11.2 Å². The third-order valence-corrected chi connectivity index (χ3v) is 2.93. The Hall–Kier alpha value is -2.49. The van der Waals surface area contributed by atoms with Crippen molar-refractivity contribution in [1.82, 2.24) is 15.0 Å². The van der Waals surface area contributed by atoms with E-state index in [1.54, 1.807) is 12.5 Å². The first kappa shape index (κ1) is 11.6. The maximum absolute atomic E-state index is 4.37. The standard InChI is InChI=1S/C15H14N4/c1-2-16-15-9-14(18-10-19-15)12-6-5-11-4-3-7-17-13(11)8-12/h3-10H,2H2,1H3,(H,16,18,19). The second kappa shape index (κ2) is 5.02. The van der Waals surface area contributed by atoms with Gasteiger partial charge in [-0.3, -0.25) is 4.98 Å². The van der Waals surface area contributed by atoms with Crippen LogP contribution < -0.4 is 5.32 Å². The zero-order valence-corrected chi connectivity index (χ0v) is 10.7. The molecule has 0 fully saturated rings. The molecule has 0 atom stereocenters. The highest BCUT2D eigenvalue weighted by atomic mass is 15.0. The summed E-state index contributed by atoms with van der Waals surface area (Å²) in [7, 11) is 0. The minimum atomic E-state index is 0.841. The van der Waals surface area contributed by atoms with Gasteiger partial charge in [0.15, 0.2) is 0 Å². The highest BCUT2D eigenvalue weighted by Gasteiger charge is 2.03. The van der Waals surface area contributed by atoms with E-state index in [0.717, 1.165) is 34.5 Å². The van der Waals surface area contributed by atoms with E-state index >= 15 is 0 Å². The average Bonchev–Trinajstić information content (AvgIpc) is 2.47. The quantitative estimate of drug-likeness (QED) is 0.776. The van der Waals surface area contributed by atoms with Crippen LogP contribution in [0.2, 0.25) is 0 Å². The molecular weight excluding hydrogens is 236 g/mol. The molecule has 19 heavy (non-hydrogen) atoms. The van der Waals surface area contributed by atoms with Crippen LogP contribution in [0.15, 0.2) is 48.9 Å². The molecule has 2 heterocycles. The minimum Gasteiger partial charge on any atom is -0.370 e. The number of hydrogen-bond acceptors (Lipinski definition) is 4. The molecule has 4 heteroatoms. The van der Waals surface area contributed by atoms with Crippen LogP contribution in [0.4, 0.5) is 5.82 Å². The number of rotatable bonds is 3. The number of aromatic nitrogens is 3. The zero-order valence-electron chi connectivity index (χ0n) is 10.7. The summed E-state index contributed by atoms with van der Waals surface area (Å²) in [5, 5.41) is 4.32. The van der Waals surface area contributed by atoms with E-state index in [-0.39, 0.29) is 0 Å². The Balaban J connectivity index is 2.05. The molecule has 0 aliphatic rings. The predicted molar refractivity (Wildman–Crippen MR) is 76.9 cm³/mol. The minimum absolute atomic E-state index is 0.841. The van der Waals surface area contributed by atoms with Gasteiger partial charge in [0.1, 0.15) is 12.1 Å². The summed E-state index contributed by atoms with van der Waals surface area (Å²) in [6.45, 7) is 2.89. The molecule has 0 bridgehead atoms. The van der Waals surface area contributed by atoms with Gasteiger partial charge in [0.2, 0.25) is 0 Å². The van der Waals surface area contributed by atoms with Crippen molar-refractivity contribution in [2.45, 2.75) is 6.92 Å². The Morgan fingerprint density at radius 3 is 2.89 bits per heavy atom. The summed E-state index contributed by atoms with van der Waals surface area (Å²) in [6.07, 6.45) is 3.38. The first-order valence-electron chi connectivity index (χ1n) is 6.28. The van der Waals surface area contributed by atoms with Gasteiger partial charge in [-0.15, -0.1) is 0 Å². The van der Waals surface area contributed by atoms with Crippen LogP contribution in [-0.4, -0.2) is 21.5 Å². The van der Waals surface area contributed by atoms with Crippen molar-refractivity contribution in [3.63, 3.8) is 0 Å². The monoisotopic (exact) mass is 250 g/mol. The maximum atomic E-state index is 4.37. The van der Waals surface area contributed by atoms with Gasteiger partial charge in [0, 0.05) is 29.8 Å². The van der Waals surface area contributed by atoms with E-state index in [0.29, 0.717) is 0 Å². The van der Waals surface area contributed by atoms with Gasteiger partial charge >= 0.3 is 0 Å². The van der Waals surface area contributed by atoms with E-state index in [1.807, 2.05) is 25.1 Å². The molecule has 1 aromatic carbocycles. The van der Waals surface area contributed by atoms with Crippen molar-refractivity contribution in [2.75, 3.05) is 11.9 Å². The van der Waals surface area contributed by atoms with Crippen LogP contribution in [0.3, 0.4) is 0 Å². The summed E-state index contributed by atoms with van der Waals surface area (Å²) in [5.74, 6) is 0.841. The van der Waals surface area contributed by atoms with E-state index in [9.17, 15) is 0 Å². The van der Waals surface area contributed by atoms with Gasteiger partial charge < -0.3 is 5.32 Å². The van der Waals surface area contributed by atoms with Gasteiger partial charge in [-0.05, 0) is 19.1 Å². The average molecular weight is 250 g/mol. The van der Waals surface area contributed by atoms with Gasteiger partial charge in [-0.25, -0.2) is 9.97 Å². The van der Waals surface area contributed by atoms with E-state index in [1.165, 1.54) is 0 Å². The van der Waals surface area contributed by atoms with Crippen LogP contribution in [0, 0.1) is 0 Å². The molecular formula is C15H14N4. The van der Waals surface area contributed by atoms with Gasteiger partial charge in [-0.2, -0.15) is 0 Å². The fourth-order valence-corrected chi connectivity index (χ4v) is 2.02. The summed E-state index contributed by atoms with van der Waals surface area (Å²) >= 11 is 0. The highest BCUT2D eigenvalue weighted by Crippen LogP contribution is 2.22. The van der Waals surface area contributed by atoms with Crippen molar-refractivity contribution in [3.05, 3.63) is 48.9 Å². The number of hydrogen-bond donors (Lipinski definition) is 1. The molecule has 4 nitrogen and oxygen atoms in total. The Labute approximate surface area is 111 Å². The van der Waals surface area contributed by atoms with Crippen LogP contribution in [0.5, 0.6) is 0 Å². The Bertz CT molecular complexity index is 709. The van der Waals surface area contributed by atoms with Gasteiger partial charge in [0.25, 0.3) is 0 Å². The zero-order chi connectivity index (χ0) is 13.1. The molecule has 0 spiro atoms. The lowest BCUT2D eigenvalue weighted by atomic mass is 10.1. The van der Waals surface area contributed by atoms with E-state index in [2.05, 4.69) is 38.5 Å². The third kappa shape index (κ3) is 2.38. The Kier molecular flexibility index (Phi) is 3.06. The van der Waals surface area contributed by atoms with Crippen molar-refractivity contribution < 1.29 is 0 Å². The first-order valence-corrected chi connectivity index (χ1v) is 6.28. The summed E-state index contributed by atoms with van der Waals surface area (Å²) in [5.41, 5.74) is 2.93. The van der Waals surface area contributed by atoms with Crippen LogP contribution in [0.25, 0.3) is 22.2 Å². The second-order valence-corrected chi connectivity index (χ2v) is 4.23. The van der Waals surface area contributed by atoms with Crippen molar-refractivity contribution in [1.29, 1.82) is 0 Å². The molecule has 0 amide bonds. The summed E-state index contributed by atoms with van der Waals surface area (Å²) in [6, 6.07) is 12.1. The number of nitrogens with one attached hydrogen (secondary N) is 1. The molecule has 3 rings (SSSR count). The van der Waals surface area contributed by atoms with Crippen LogP contribution >= 0.6 is 0 Å². The van der Waals surface area contributed by atoms with Crippen molar-refractivity contribution >= 4 is 16.7 Å². The molecule has 3 aromatic rings. The maximum Gasteiger partial charge on any atom is 0.129 e. The third-order valence-electron chi connectivity index (χ3n) is 2.93. The predicted octanol–water partition coefficient (Wildman–Crippen LogP) is 3.12. The van der Waals surface area contributed by atoms with E-state index < -0.39 is 0 Å². The smallest absolute Gasteiger partial charge is 0.129 e. The number of anilines is 1. The molecule has 2 aromatic heterocycles. The number of pyridine rings is 1. The number of benzene rings is 1. The SMILES string of the molecule is CCNc1cc(-c2ccc3cccnc3c2)ncn1. The Morgan fingerprint density at radius 1 is 1.05 bits per heavy atom. The van der Waals surface area contributed by atoms with Crippen molar-refractivity contribution in [2.24, 2.45) is 0 Å². The number of nitrogens with zero attached hydrogens (tertiary/aromatic N) is 3. The molecule has 0 unspecified atom stereocenters. The fourth-order valence-electron chi connectivity index (χ4n) is 2.02. The van der Waals surface area contributed by atoms with Crippen LogP contribution in [0.1, 0.15) is 6.92 Å². The molecule has 0 saturated heterocycles. The lowest BCUT2D eigenvalue weighted by molar-refractivity contribution is 1.11. The fraction of sp³-hybridized carbons (Fsp3) is 0.133. The Morgan fingerprint density at radius 2 is 2.00 bits per heavy atom. The second-order valence-electron chi connectivity index (χ2n) is 4.23. The molecule has 1 N–H and O–H groups in total. The van der Waals surface area contributed by atoms with E-state index in [4.69, 9.17) is 0 Å². The largest absolute Gasteiger partial charge is 0.370 e. The molecule has 0 aliphatic heterocycles. The molecule has 0 radical (unpaired) electrons. The highest BCUT2D eigenvalue weighted by molar-refractivity contribution is 5.83. The summed E-state index contributed by atoms with van der Waals surface area (Å²) < 4.78 is 0. The lowest BCUT2D eigenvalue weighted by Crippen LogP contribution is -1.99. The molecule has 0 aliphatic carbocycles. The first-order chi connectivity index (χ1) is 9.36. The van der Waals surface area contributed by atoms with Gasteiger partial charge in [-0.1, -0.05) is 18.2 Å².